The van der Waals surface area contributed by atoms with Crippen LogP contribution in [0, 0.1) is 0 Å². The number of sulfonamides is 1. The maximum absolute atomic E-state index is 12.6. The monoisotopic (exact) mass is 369 g/mol. The number of benzene rings is 1. The van der Waals surface area contributed by atoms with Crippen LogP contribution in [0.5, 0.6) is 0 Å². The van der Waals surface area contributed by atoms with E-state index in [1.807, 2.05) is 0 Å². The summed E-state index contributed by atoms with van der Waals surface area (Å²) < 4.78 is 79.6. The lowest BCUT2D eigenvalue weighted by molar-refractivity contribution is -0.0170. The second kappa shape index (κ2) is 6.42. The molecule has 1 aromatic carbocycles. The van der Waals surface area contributed by atoms with Gasteiger partial charge in [-0.25, -0.2) is 16.8 Å². The molecule has 1 aliphatic rings. The third-order valence-electron chi connectivity index (χ3n) is 3.54. The smallest absolute Gasteiger partial charge is 0.341 e. The van der Waals surface area contributed by atoms with Gasteiger partial charge in [-0.05, 0) is 38.1 Å². The van der Waals surface area contributed by atoms with Gasteiger partial charge in [0, 0.05) is 12.6 Å². The van der Waals surface area contributed by atoms with Gasteiger partial charge in [-0.15, -0.1) is 0 Å². The number of ether oxygens (including phenoxy) is 1. The third-order valence-corrected chi connectivity index (χ3v) is 6.94. The van der Waals surface area contributed by atoms with Crippen LogP contribution in [-0.4, -0.2) is 52.2 Å². The van der Waals surface area contributed by atoms with Crippen molar-refractivity contribution in [1.29, 1.82) is 0 Å². The summed E-state index contributed by atoms with van der Waals surface area (Å²) >= 11 is 0. The number of sulfone groups is 1. The summed E-state index contributed by atoms with van der Waals surface area (Å²) in [5.41, 5.74) is 0. The summed E-state index contributed by atoms with van der Waals surface area (Å²) in [7, 11) is -8.60. The molecule has 0 aliphatic carbocycles. The third kappa shape index (κ3) is 3.54. The zero-order valence-corrected chi connectivity index (χ0v) is 14.1. The van der Waals surface area contributed by atoms with E-state index in [-0.39, 0.29) is 30.2 Å². The maximum atomic E-state index is 12.6. The quantitative estimate of drug-likeness (QED) is 0.803. The van der Waals surface area contributed by atoms with Gasteiger partial charge in [0.2, 0.25) is 19.9 Å². The Labute approximate surface area is 134 Å². The Morgan fingerprint density at radius 1 is 1.09 bits per heavy atom. The Balaban J connectivity index is 2.35. The number of halogens is 2. The molecule has 2 rings (SSSR count). The van der Waals surface area contributed by atoms with Gasteiger partial charge in [-0.2, -0.15) is 13.1 Å². The molecule has 1 aromatic rings. The minimum Gasteiger partial charge on any atom is -0.375 e. The highest BCUT2D eigenvalue weighted by molar-refractivity contribution is 7.91. The standard InChI is InChI=1S/C13H17F2NO5S2/c1-9-8-21-10(2)7-16(9)23(19,20)12-5-3-11(4-6-12)22(17,18)13(14)15/h3-6,9-10,13H,7-8H2,1-2H3. The lowest BCUT2D eigenvalue weighted by Crippen LogP contribution is -2.50. The second-order valence-electron chi connectivity index (χ2n) is 5.34. The number of hydrogen-bond acceptors (Lipinski definition) is 5. The highest BCUT2D eigenvalue weighted by Gasteiger charge is 2.34. The molecule has 1 aliphatic heterocycles. The normalized spacial score (nSPS) is 24.0. The molecule has 23 heavy (non-hydrogen) atoms. The maximum Gasteiger partial charge on any atom is 0.341 e. The summed E-state index contributed by atoms with van der Waals surface area (Å²) in [4.78, 5) is -0.762. The highest BCUT2D eigenvalue weighted by Crippen LogP contribution is 2.25. The van der Waals surface area contributed by atoms with Gasteiger partial charge in [-0.3, -0.25) is 0 Å². The lowest BCUT2D eigenvalue weighted by Gasteiger charge is -2.35. The number of hydrogen-bond donors (Lipinski definition) is 0. The summed E-state index contributed by atoms with van der Waals surface area (Å²) in [6.07, 6.45) is -0.264. The first-order valence-electron chi connectivity index (χ1n) is 6.82. The Bertz CT molecular complexity index is 762. The van der Waals surface area contributed by atoms with E-state index in [0.29, 0.717) is 0 Å². The average molecular weight is 369 g/mol. The van der Waals surface area contributed by atoms with Crippen LogP contribution in [0.1, 0.15) is 13.8 Å². The van der Waals surface area contributed by atoms with Crippen molar-refractivity contribution in [1.82, 2.24) is 4.31 Å². The van der Waals surface area contributed by atoms with Crippen LogP contribution >= 0.6 is 0 Å². The van der Waals surface area contributed by atoms with Crippen molar-refractivity contribution in [2.75, 3.05) is 13.2 Å². The fraction of sp³-hybridized carbons (Fsp3) is 0.538. The van der Waals surface area contributed by atoms with E-state index in [4.69, 9.17) is 4.74 Å². The first-order chi connectivity index (χ1) is 10.6. The predicted octanol–water partition coefficient (Wildman–Crippen LogP) is 1.48. The predicted molar refractivity (Wildman–Crippen MR) is 78.4 cm³/mol. The van der Waals surface area contributed by atoms with Gasteiger partial charge in [-0.1, -0.05) is 0 Å². The zero-order chi connectivity index (χ0) is 17.4. The minimum atomic E-state index is -4.75. The molecule has 10 heteroatoms. The number of nitrogens with zero attached hydrogens (tertiary/aromatic N) is 1. The Morgan fingerprint density at radius 2 is 1.61 bits per heavy atom. The first-order valence-corrected chi connectivity index (χ1v) is 9.81. The lowest BCUT2D eigenvalue weighted by atomic mass is 10.2. The summed E-state index contributed by atoms with van der Waals surface area (Å²) in [6.45, 7) is 3.85. The number of morpholine rings is 1. The van der Waals surface area contributed by atoms with Crippen LogP contribution in [0.25, 0.3) is 0 Å². The fourth-order valence-electron chi connectivity index (χ4n) is 2.25. The van der Waals surface area contributed by atoms with Crippen molar-refractivity contribution in [3.05, 3.63) is 24.3 Å². The molecule has 1 saturated heterocycles. The van der Waals surface area contributed by atoms with Crippen molar-refractivity contribution in [3.8, 4) is 0 Å². The molecule has 130 valence electrons. The van der Waals surface area contributed by atoms with Crippen molar-refractivity contribution in [2.45, 2.75) is 41.5 Å². The van der Waals surface area contributed by atoms with Gasteiger partial charge in [0.15, 0.2) is 0 Å². The van der Waals surface area contributed by atoms with Crippen molar-refractivity contribution >= 4 is 19.9 Å². The Hall–Kier alpha value is -1.10. The molecule has 0 spiro atoms. The van der Waals surface area contributed by atoms with Crippen molar-refractivity contribution in [2.24, 2.45) is 0 Å². The molecular formula is C13H17F2NO5S2. The molecule has 2 atom stereocenters. The van der Waals surface area contributed by atoms with Crippen LogP contribution in [0.4, 0.5) is 8.78 Å². The van der Waals surface area contributed by atoms with Crippen LogP contribution in [0.15, 0.2) is 34.1 Å². The molecule has 0 aromatic heterocycles. The van der Waals surface area contributed by atoms with E-state index in [2.05, 4.69) is 0 Å². The van der Waals surface area contributed by atoms with Gasteiger partial charge < -0.3 is 4.74 Å². The van der Waals surface area contributed by atoms with E-state index in [1.54, 1.807) is 13.8 Å². The van der Waals surface area contributed by atoms with Crippen molar-refractivity contribution in [3.63, 3.8) is 0 Å². The van der Waals surface area contributed by atoms with E-state index in [9.17, 15) is 25.6 Å². The molecule has 0 saturated carbocycles. The number of alkyl halides is 2. The van der Waals surface area contributed by atoms with Crippen molar-refractivity contribution < 1.29 is 30.4 Å². The molecule has 0 radical (unpaired) electrons. The molecule has 1 fully saturated rings. The topological polar surface area (TPSA) is 80.8 Å². The highest BCUT2D eigenvalue weighted by atomic mass is 32.2. The summed E-state index contributed by atoms with van der Waals surface area (Å²) in [5, 5.41) is 0. The average Bonchev–Trinajstić information content (AvgIpc) is 2.49. The summed E-state index contributed by atoms with van der Waals surface area (Å²) in [6, 6.07) is 3.43. The van der Waals surface area contributed by atoms with Gasteiger partial charge in [0.1, 0.15) is 0 Å². The van der Waals surface area contributed by atoms with Gasteiger partial charge in [0.25, 0.3) is 0 Å². The molecule has 0 bridgehead atoms. The molecule has 6 nitrogen and oxygen atoms in total. The first kappa shape index (κ1) is 18.2. The van der Waals surface area contributed by atoms with Gasteiger partial charge >= 0.3 is 5.76 Å². The van der Waals surface area contributed by atoms with E-state index < -0.39 is 30.5 Å². The molecular weight excluding hydrogens is 352 g/mol. The SMILES string of the molecule is CC1CN(S(=O)(=O)c2ccc(S(=O)(=O)C(F)F)cc2)C(C)CO1. The Kier molecular flexibility index (Phi) is 5.09. The minimum absolute atomic E-state index is 0.147. The molecule has 2 unspecified atom stereocenters. The second-order valence-corrected chi connectivity index (χ2v) is 9.15. The van der Waals surface area contributed by atoms with Crippen LogP contribution < -0.4 is 0 Å². The molecule has 0 amide bonds. The van der Waals surface area contributed by atoms with E-state index in [0.717, 1.165) is 24.3 Å². The Morgan fingerprint density at radius 3 is 2.13 bits per heavy atom. The molecule has 0 N–H and O–H groups in total. The largest absolute Gasteiger partial charge is 0.375 e. The van der Waals surface area contributed by atoms with Crippen LogP contribution in [0.2, 0.25) is 0 Å². The van der Waals surface area contributed by atoms with E-state index in [1.165, 1.54) is 4.31 Å². The van der Waals surface area contributed by atoms with E-state index >= 15 is 0 Å². The zero-order valence-electron chi connectivity index (χ0n) is 12.5. The summed E-state index contributed by atoms with van der Waals surface area (Å²) in [5.74, 6) is -3.55. The van der Waals surface area contributed by atoms with Crippen LogP contribution in [-0.2, 0) is 24.6 Å². The fourth-order valence-corrected chi connectivity index (χ4v) is 4.66. The number of rotatable bonds is 4. The van der Waals surface area contributed by atoms with Gasteiger partial charge in [0.05, 0.1) is 22.5 Å². The molecule has 1 heterocycles. The van der Waals surface area contributed by atoms with Crippen LogP contribution in [0.3, 0.4) is 0 Å².